The summed E-state index contributed by atoms with van der Waals surface area (Å²) in [5.41, 5.74) is 6.85. The van der Waals surface area contributed by atoms with E-state index in [1.54, 1.807) is 29.7 Å². The van der Waals surface area contributed by atoms with Gasteiger partial charge in [-0.15, -0.1) is 11.3 Å². The van der Waals surface area contributed by atoms with Crippen LogP contribution in [-0.4, -0.2) is 10.9 Å². The number of rotatable bonds is 5. The normalized spacial score (nSPS) is 12.1. The molecule has 5 heteroatoms. The van der Waals surface area contributed by atoms with Crippen LogP contribution in [0.4, 0.5) is 0 Å². The number of carbonyl (C=O) groups excluding carboxylic acids is 1. The van der Waals surface area contributed by atoms with Crippen molar-refractivity contribution < 1.29 is 4.79 Å². The van der Waals surface area contributed by atoms with E-state index >= 15 is 0 Å². The Hall–Kier alpha value is -1.72. The molecular formula is C14H17N3OS. The van der Waals surface area contributed by atoms with Gasteiger partial charge in [-0.1, -0.05) is 13.0 Å². The quantitative estimate of drug-likeness (QED) is 0.881. The van der Waals surface area contributed by atoms with Crippen LogP contribution < -0.4 is 11.1 Å². The van der Waals surface area contributed by atoms with Crippen LogP contribution in [0.25, 0.3) is 0 Å². The third-order valence-corrected chi connectivity index (χ3v) is 3.87. The van der Waals surface area contributed by atoms with Crippen LogP contribution in [0.1, 0.15) is 40.3 Å². The molecule has 0 spiro atoms. The highest BCUT2D eigenvalue weighted by atomic mass is 32.1. The summed E-state index contributed by atoms with van der Waals surface area (Å²) in [4.78, 5) is 17.5. The first-order valence-electron chi connectivity index (χ1n) is 6.23. The Morgan fingerprint density at radius 2 is 2.37 bits per heavy atom. The van der Waals surface area contributed by atoms with Crippen molar-refractivity contribution in [2.24, 2.45) is 5.73 Å². The molecular weight excluding hydrogens is 258 g/mol. The Bertz CT molecular complexity index is 539. The van der Waals surface area contributed by atoms with Crippen molar-refractivity contribution in [3.05, 3.63) is 52.0 Å². The molecule has 0 aliphatic rings. The van der Waals surface area contributed by atoms with Gasteiger partial charge in [0.25, 0.3) is 5.91 Å². The molecule has 0 bridgehead atoms. The topological polar surface area (TPSA) is 68.0 Å². The van der Waals surface area contributed by atoms with Crippen molar-refractivity contribution >= 4 is 17.2 Å². The zero-order valence-corrected chi connectivity index (χ0v) is 11.6. The molecule has 2 heterocycles. The number of aromatic nitrogens is 1. The van der Waals surface area contributed by atoms with E-state index in [0.717, 1.165) is 12.1 Å². The SMILES string of the molecule is CCC(NC(=O)c1ccnc(CN)c1)c1cccs1. The van der Waals surface area contributed by atoms with E-state index < -0.39 is 0 Å². The smallest absolute Gasteiger partial charge is 0.251 e. The zero-order chi connectivity index (χ0) is 13.7. The minimum absolute atomic E-state index is 0.0574. The second-order valence-corrected chi connectivity index (χ2v) is 5.17. The average molecular weight is 275 g/mol. The van der Waals surface area contributed by atoms with E-state index in [1.165, 1.54) is 4.88 Å². The van der Waals surface area contributed by atoms with Gasteiger partial charge in [0.05, 0.1) is 11.7 Å². The fourth-order valence-electron chi connectivity index (χ4n) is 1.84. The number of carbonyl (C=O) groups is 1. The number of nitrogens with zero attached hydrogens (tertiary/aromatic N) is 1. The molecule has 4 nitrogen and oxygen atoms in total. The van der Waals surface area contributed by atoms with Crippen molar-refractivity contribution in [2.45, 2.75) is 25.9 Å². The molecule has 3 N–H and O–H groups in total. The number of amides is 1. The van der Waals surface area contributed by atoms with Crippen molar-refractivity contribution in [3.8, 4) is 0 Å². The highest BCUT2D eigenvalue weighted by Crippen LogP contribution is 2.22. The van der Waals surface area contributed by atoms with Crippen molar-refractivity contribution in [1.29, 1.82) is 0 Å². The summed E-state index contributed by atoms with van der Waals surface area (Å²) in [6, 6.07) is 7.53. The van der Waals surface area contributed by atoms with Gasteiger partial charge in [0.15, 0.2) is 0 Å². The first-order chi connectivity index (χ1) is 9.24. The van der Waals surface area contributed by atoms with Crippen molar-refractivity contribution in [3.63, 3.8) is 0 Å². The molecule has 0 aliphatic heterocycles. The van der Waals surface area contributed by atoms with Crippen LogP contribution in [0.5, 0.6) is 0 Å². The Balaban J connectivity index is 2.11. The summed E-state index contributed by atoms with van der Waals surface area (Å²) in [7, 11) is 0. The number of nitrogens with one attached hydrogen (secondary N) is 1. The van der Waals surface area contributed by atoms with E-state index in [4.69, 9.17) is 5.73 Å². The Kier molecular flexibility index (Phi) is 4.65. The first-order valence-corrected chi connectivity index (χ1v) is 7.11. The second kappa shape index (κ2) is 6.45. The molecule has 19 heavy (non-hydrogen) atoms. The lowest BCUT2D eigenvalue weighted by Gasteiger charge is -2.15. The summed E-state index contributed by atoms with van der Waals surface area (Å²) in [6.07, 6.45) is 2.48. The van der Waals surface area contributed by atoms with Crippen LogP contribution in [0.3, 0.4) is 0 Å². The largest absolute Gasteiger partial charge is 0.344 e. The number of pyridine rings is 1. The van der Waals surface area contributed by atoms with Crippen LogP contribution >= 0.6 is 11.3 Å². The molecule has 0 saturated heterocycles. The van der Waals surface area contributed by atoms with Gasteiger partial charge in [-0.05, 0) is 30.0 Å². The van der Waals surface area contributed by atoms with Gasteiger partial charge in [0, 0.05) is 23.2 Å². The zero-order valence-electron chi connectivity index (χ0n) is 10.8. The lowest BCUT2D eigenvalue weighted by molar-refractivity contribution is 0.0936. The van der Waals surface area contributed by atoms with Gasteiger partial charge in [-0.2, -0.15) is 0 Å². The highest BCUT2D eigenvalue weighted by Gasteiger charge is 2.15. The second-order valence-electron chi connectivity index (χ2n) is 4.19. The summed E-state index contributed by atoms with van der Waals surface area (Å²) in [6.45, 7) is 2.39. The lowest BCUT2D eigenvalue weighted by Crippen LogP contribution is -2.27. The maximum atomic E-state index is 12.2. The van der Waals surface area contributed by atoms with Gasteiger partial charge >= 0.3 is 0 Å². The molecule has 0 radical (unpaired) electrons. The standard InChI is InChI=1S/C14H17N3OS/c1-2-12(13-4-3-7-19-13)17-14(18)10-5-6-16-11(8-10)9-15/h3-8,12H,2,9,15H2,1H3,(H,17,18). The van der Waals surface area contributed by atoms with Gasteiger partial charge in [-0.3, -0.25) is 9.78 Å². The molecule has 1 unspecified atom stereocenters. The van der Waals surface area contributed by atoms with E-state index in [9.17, 15) is 4.79 Å². The molecule has 0 saturated carbocycles. The third-order valence-electron chi connectivity index (χ3n) is 2.89. The van der Waals surface area contributed by atoms with Crippen LogP contribution in [-0.2, 0) is 6.54 Å². The van der Waals surface area contributed by atoms with E-state index in [2.05, 4.69) is 17.2 Å². The molecule has 2 aromatic heterocycles. The molecule has 1 atom stereocenters. The van der Waals surface area contributed by atoms with Gasteiger partial charge in [0.1, 0.15) is 0 Å². The van der Waals surface area contributed by atoms with E-state index in [-0.39, 0.29) is 11.9 Å². The van der Waals surface area contributed by atoms with Crippen LogP contribution in [0.2, 0.25) is 0 Å². The van der Waals surface area contributed by atoms with E-state index in [1.807, 2.05) is 17.5 Å². The fourth-order valence-corrected chi connectivity index (χ4v) is 2.70. The lowest BCUT2D eigenvalue weighted by atomic mass is 10.1. The summed E-state index contributed by atoms with van der Waals surface area (Å²) in [5, 5.41) is 5.06. The minimum atomic E-state index is -0.0858. The summed E-state index contributed by atoms with van der Waals surface area (Å²) in [5.74, 6) is -0.0858. The number of hydrogen-bond acceptors (Lipinski definition) is 4. The Morgan fingerprint density at radius 1 is 1.53 bits per heavy atom. The monoisotopic (exact) mass is 275 g/mol. The summed E-state index contributed by atoms with van der Waals surface area (Å²) < 4.78 is 0. The number of hydrogen-bond donors (Lipinski definition) is 2. The first kappa shape index (κ1) is 13.7. The van der Waals surface area contributed by atoms with Crippen molar-refractivity contribution in [1.82, 2.24) is 10.3 Å². The Labute approximate surface area is 116 Å². The third kappa shape index (κ3) is 3.39. The summed E-state index contributed by atoms with van der Waals surface area (Å²) >= 11 is 1.65. The minimum Gasteiger partial charge on any atom is -0.344 e. The maximum absolute atomic E-state index is 12.2. The molecule has 0 aromatic carbocycles. The average Bonchev–Trinajstić information content (AvgIpc) is 2.98. The predicted molar refractivity (Wildman–Crippen MR) is 76.9 cm³/mol. The van der Waals surface area contributed by atoms with Crippen molar-refractivity contribution in [2.75, 3.05) is 0 Å². The highest BCUT2D eigenvalue weighted by molar-refractivity contribution is 7.10. The fraction of sp³-hybridized carbons (Fsp3) is 0.286. The maximum Gasteiger partial charge on any atom is 0.251 e. The van der Waals surface area contributed by atoms with Crippen LogP contribution in [0.15, 0.2) is 35.8 Å². The molecule has 100 valence electrons. The Morgan fingerprint density at radius 3 is 3.00 bits per heavy atom. The number of thiophene rings is 1. The molecule has 0 fully saturated rings. The predicted octanol–water partition coefficient (Wildman–Crippen LogP) is 2.48. The molecule has 1 amide bonds. The molecule has 0 aliphatic carbocycles. The van der Waals surface area contributed by atoms with Gasteiger partial charge in [-0.25, -0.2) is 0 Å². The number of nitrogens with two attached hydrogens (primary N) is 1. The van der Waals surface area contributed by atoms with Gasteiger partial charge in [0.2, 0.25) is 0 Å². The van der Waals surface area contributed by atoms with Crippen LogP contribution in [0, 0.1) is 0 Å². The molecule has 2 aromatic rings. The molecule has 2 rings (SSSR count). The van der Waals surface area contributed by atoms with Gasteiger partial charge < -0.3 is 11.1 Å². The van der Waals surface area contributed by atoms with E-state index in [0.29, 0.717) is 12.1 Å².